The second-order valence-corrected chi connectivity index (χ2v) is 19.5. The van der Waals surface area contributed by atoms with Crippen molar-refractivity contribution in [3.63, 3.8) is 0 Å². The predicted octanol–water partition coefficient (Wildman–Crippen LogP) is -1.39. The number of amides is 13. The van der Waals surface area contributed by atoms with Gasteiger partial charge in [0.15, 0.2) is 0 Å². The Labute approximate surface area is 472 Å². The third-order valence-corrected chi connectivity index (χ3v) is 9.22. The van der Waals surface area contributed by atoms with Crippen LogP contribution in [0.2, 0.25) is 0 Å². The molecule has 0 aromatic carbocycles. The fourth-order valence-corrected chi connectivity index (χ4v) is 0.447. The number of nitrogens with zero attached hydrogens (tertiary/aromatic N) is 7. The molecule has 0 saturated carbocycles. The number of hydrogen-bond donors (Lipinski definition) is 8. The van der Waals surface area contributed by atoms with Gasteiger partial charge in [-0.05, 0) is 0 Å². The highest BCUT2D eigenvalue weighted by atomic mass is 32.2. The lowest BCUT2D eigenvalue weighted by Gasteiger charge is -2.06. The quantitative estimate of drug-likeness (QED) is 0.158. The number of hydrogen-bond acceptors (Lipinski definition) is 15. The van der Waals surface area contributed by atoms with Crippen molar-refractivity contribution in [2.24, 2.45) is 0 Å². The van der Waals surface area contributed by atoms with Crippen molar-refractivity contribution >= 4 is 85.3 Å². The third kappa shape index (κ3) is 189. The van der Waals surface area contributed by atoms with Crippen molar-refractivity contribution in [1.29, 1.82) is 0 Å². The second-order valence-electron chi connectivity index (χ2n) is 15.1. The second kappa shape index (κ2) is 74.8. The van der Waals surface area contributed by atoms with Crippen LogP contribution < -0.4 is 42.5 Å². The summed E-state index contributed by atoms with van der Waals surface area (Å²) in [7, 11) is 30.1. The Bertz CT molecular complexity index is 1540. The first kappa shape index (κ1) is 108. The van der Waals surface area contributed by atoms with E-state index >= 15 is 0 Å². The highest BCUT2D eigenvalue weighted by molar-refractivity contribution is 7.88. The molecule has 30 nitrogen and oxygen atoms in total. The molecule has 0 aliphatic rings. The normalized spacial score (nSPS) is 8.17. The maximum atomic E-state index is 10.3. The van der Waals surface area contributed by atoms with E-state index in [0.29, 0.717) is 0 Å². The molecule has 32 heteroatoms. The summed E-state index contributed by atoms with van der Waals surface area (Å²) in [5.74, 6) is 0.306. The van der Waals surface area contributed by atoms with Gasteiger partial charge in [0.05, 0.1) is 12.5 Å². The zero-order valence-electron chi connectivity index (χ0n) is 54.6. The molecule has 0 spiro atoms. The molecule has 0 bridgehead atoms. The maximum absolute atomic E-state index is 10.3. The molecule has 0 aromatic heterocycles. The summed E-state index contributed by atoms with van der Waals surface area (Å²) in [6, 6.07) is -0.139. The van der Waals surface area contributed by atoms with Crippen molar-refractivity contribution in [2.45, 2.75) is 76.2 Å². The van der Waals surface area contributed by atoms with Gasteiger partial charge < -0.3 is 67.0 Å². The van der Waals surface area contributed by atoms with Crippen molar-refractivity contribution in [2.75, 3.05) is 168 Å². The largest absolute Gasteiger partial charge is 0.359 e. The molecule has 78 heavy (non-hydrogen) atoms. The van der Waals surface area contributed by atoms with Crippen LogP contribution in [0.25, 0.3) is 0 Å². The Kier molecular flexibility index (Phi) is 103. The molecule has 0 unspecified atom stereocenters. The van der Waals surface area contributed by atoms with Crippen LogP contribution in [0.15, 0.2) is 0 Å². The van der Waals surface area contributed by atoms with Gasteiger partial charge in [-0.3, -0.25) is 43.2 Å². The first-order chi connectivity index (χ1) is 34.8. The highest BCUT2D eigenvalue weighted by Crippen LogP contribution is 1.83. The van der Waals surface area contributed by atoms with Gasteiger partial charge in [0.25, 0.3) is 0 Å². The monoisotopic (exact) mass is 1180 g/mol. The van der Waals surface area contributed by atoms with Gasteiger partial charge >= 0.3 is 12.1 Å². The third-order valence-electron chi connectivity index (χ3n) is 6.57. The van der Waals surface area contributed by atoms with Crippen LogP contribution in [0.4, 0.5) is 9.59 Å². The van der Waals surface area contributed by atoms with Crippen molar-refractivity contribution < 1.29 is 69.6 Å². The summed E-state index contributed by atoms with van der Waals surface area (Å²) in [4.78, 5) is 117. The molecular formula is C46H113N15O15S2. The molecule has 0 aromatic rings. The van der Waals surface area contributed by atoms with Crippen LogP contribution in [0.1, 0.15) is 76.2 Å². The average Bonchev–Trinajstić information content (AvgIpc) is 3.32. The predicted molar refractivity (Wildman–Crippen MR) is 316 cm³/mol. The molecule has 0 rings (SSSR count). The summed E-state index contributed by atoms with van der Waals surface area (Å²) < 4.78 is 43.3. The molecule has 0 aliphatic heterocycles. The summed E-state index contributed by atoms with van der Waals surface area (Å²) in [6.07, 6.45) is 2.32. The van der Waals surface area contributed by atoms with Crippen LogP contribution in [-0.2, 0) is 63.2 Å². The SMILES string of the molecule is CC.CC(=O)N(C)C.CC(=O)N(C)C.CC(=O)N(C)C.CN(C)S(C)(=O)=O.CN(C)S(C)(=O)=O.CNC(=O)N(C)C.CNC(=O)N(C)C.CNC(C)=O.CNC(C)=O.CNC(C)=O.CNC(C)=O.CNC(C)=O.CNC(C)=O. The lowest BCUT2D eigenvalue weighted by Crippen LogP contribution is -2.31. The fourth-order valence-electron chi connectivity index (χ4n) is 0.447. The summed E-state index contributed by atoms with van der Waals surface area (Å²) in [5, 5.41) is 19.2. The van der Waals surface area contributed by atoms with Crippen LogP contribution in [0.5, 0.6) is 0 Å². The molecule has 0 atom stereocenters. The van der Waals surface area contributed by atoms with Gasteiger partial charge in [-0.15, -0.1) is 0 Å². The average molecular weight is 1180 g/mol. The van der Waals surface area contributed by atoms with Gasteiger partial charge in [-0.1, -0.05) is 13.8 Å². The molecule has 0 saturated heterocycles. The number of nitrogens with one attached hydrogen (secondary N) is 8. The number of carbonyl (C=O) groups is 11. The Morgan fingerprint density at radius 2 is 0.333 bits per heavy atom. The lowest BCUT2D eigenvalue weighted by atomic mass is 10.7. The zero-order valence-corrected chi connectivity index (χ0v) is 56.2. The number of rotatable bonds is 2. The zero-order chi connectivity index (χ0) is 67.0. The Morgan fingerprint density at radius 3 is 0.333 bits per heavy atom. The Hall–Kier alpha value is -6.41. The molecular weight excluding hydrogens is 1070 g/mol. The standard InChI is InChI=1S/2C4H10N2O.3C4H9NO.2C3H9NO2S.6C3H7NO.C2H6/c2*1-5-4(7)6(2)3;3*1-4(6)5(2)3;2*1-4(2)7(3,5)6;6*1-3(5)4-2;1-2/h2*1-3H3,(H,5,7);3*1-3H3;2*1-3H3;6*1-2H3,(H,4,5);1-2H3. The van der Waals surface area contributed by atoms with Gasteiger partial charge in [-0.2, -0.15) is 0 Å². The molecule has 474 valence electrons. The molecule has 0 aliphatic carbocycles. The maximum Gasteiger partial charge on any atom is 0.316 e. The minimum Gasteiger partial charge on any atom is -0.359 e. The van der Waals surface area contributed by atoms with Crippen molar-refractivity contribution in [1.82, 2.24) is 75.6 Å². The summed E-state index contributed by atoms with van der Waals surface area (Å²) >= 11 is 0. The van der Waals surface area contributed by atoms with Crippen LogP contribution in [0, 0.1) is 0 Å². The van der Waals surface area contributed by atoms with E-state index in [1.807, 2.05) is 13.8 Å². The number of urea groups is 2. The van der Waals surface area contributed by atoms with Crippen LogP contribution >= 0.6 is 0 Å². The number of carbonyl (C=O) groups excluding carboxylic acids is 11. The van der Waals surface area contributed by atoms with E-state index < -0.39 is 20.0 Å². The first-order valence-electron chi connectivity index (χ1n) is 23.0. The molecule has 8 N–H and O–H groups in total. The van der Waals surface area contributed by atoms with E-state index in [-0.39, 0.29) is 65.2 Å². The van der Waals surface area contributed by atoms with E-state index in [9.17, 15) is 69.6 Å². The van der Waals surface area contributed by atoms with Gasteiger partial charge in [-0.25, -0.2) is 35.0 Å². The van der Waals surface area contributed by atoms with Crippen molar-refractivity contribution in [3.8, 4) is 0 Å². The Balaban J connectivity index is -0.0000000474. The van der Waals surface area contributed by atoms with E-state index in [4.69, 9.17) is 0 Å². The Morgan fingerprint density at radius 1 is 0.256 bits per heavy atom. The molecule has 0 radical (unpaired) electrons. The van der Waals surface area contributed by atoms with Crippen LogP contribution in [0.3, 0.4) is 0 Å². The topological polar surface area (TPSA) is 375 Å². The summed E-state index contributed by atoms with van der Waals surface area (Å²) in [6.45, 7) is 17.4. The highest BCUT2D eigenvalue weighted by Gasteiger charge is 2.02. The van der Waals surface area contributed by atoms with Crippen molar-refractivity contribution in [3.05, 3.63) is 0 Å². The fraction of sp³-hybridized carbons (Fsp3) is 0.761. The van der Waals surface area contributed by atoms with Gasteiger partial charge in [0, 0.05) is 217 Å². The smallest absolute Gasteiger partial charge is 0.316 e. The summed E-state index contributed by atoms with van der Waals surface area (Å²) in [5.41, 5.74) is 0. The lowest BCUT2D eigenvalue weighted by molar-refractivity contribution is -0.127. The van der Waals surface area contributed by atoms with Crippen LogP contribution in [-0.4, -0.2) is 283 Å². The van der Waals surface area contributed by atoms with Gasteiger partial charge in [0.2, 0.25) is 73.2 Å². The van der Waals surface area contributed by atoms with E-state index in [2.05, 4.69) is 42.5 Å². The number of sulfonamides is 2. The molecule has 13 amide bonds. The van der Waals surface area contributed by atoms with E-state index in [1.54, 1.807) is 127 Å². The minimum atomic E-state index is -2.91. The van der Waals surface area contributed by atoms with Gasteiger partial charge in [0.1, 0.15) is 0 Å². The molecule has 0 heterocycles. The van der Waals surface area contributed by atoms with E-state index in [1.165, 1.54) is 115 Å². The minimum absolute atomic E-state index is 0.00463. The molecule has 0 fully saturated rings. The van der Waals surface area contributed by atoms with E-state index in [0.717, 1.165) is 21.1 Å². The first-order valence-corrected chi connectivity index (χ1v) is 26.7.